The zero-order valence-corrected chi connectivity index (χ0v) is 18.8. The molecule has 2 aromatic rings. The molecule has 0 spiro atoms. The molecule has 0 radical (unpaired) electrons. The summed E-state index contributed by atoms with van der Waals surface area (Å²) in [4.78, 5) is 0.633. The normalized spacial score (nSPS) is 12.3. The molecular weight excluding hydrogens is 400 g/mol. The molecule has 0 amide bonds. The van der Waals surface area contributed by atoms with Crippen molar-refractivity contribution in [1.29, 1.82) is 0 Å². The second-order valence-electron chi connectivity index (χ2n) is 7.17. The van der Waals surface area contributed by atoms with Crippen LogP contribution in [-0.2, 0) is 6.42 Å². The first kappa shape index (κ1) is 22.1. The third kappa shape index (κ3) is 6.71. The molecule has 27 heavy (non-hydrogen) atoms. The maximum atomic E-state index is 6.22. The average Bonchev–Trinajstić information content (AvgIpc) is 2.71. The molecule has 0 aliphatic heterocycles. The van der Waals surface area contributed by atoms with Crippen LogP contribution in [0.2, 0.25) is 0 Å². The number of rotatable bonds is 13. The van der Waals surface area contributed by atoms with Gasteiger partial charge in [-0.05, 0) is 50.2 Å². The fraction of sp³-hybridized carbons (Fsp3) is 0.583. The summed E-state index contributed by atoms with van der Waals surface area (Å²) in [5.41, 5.74) is 1.24. The molecule has 0 aromatic heterocycles. The van der Waals surface area contributed by atoms with Gasteiger partial charge in [0.2, 0.25) is 0 Å². The van der Waals surface area contributed by atoms with Gasteiger partial charge in [-0.25, -0.2) is 0 Å². The number of alkyl halides is 1. The summed E-state index contributed by atoms with van der Waals surface area (Å²) in [6.07, 6.45) is 9.18. The number of unbranched alkanes of at least 4 members (excludes halogenated alkanes) is 3. The molecule has 1 unspecified atom stereocenters. The van der Waals surface area contributed by atoms with Crippen LogP contribution in [0.25, 0.3) is 10.8 Å². The lowest BCUT2D eigenvalue weighted by molar-refractivity contribution is 0.300. The number of halogens is 1. The lowest BCUT2D eigenvalue weighted by Gasteiger charge is -2.17. The van der Waals surface area contributed by atoms with Crippen molar-refractivity contribution in [1.82, 2.24) is 0 Å². The zero-order valence-electron chi connectivity index (χ0n) is 17.2. The van der Waals surface area contributed by atoms with Crippen molar-refractivity contribution in [3.05, 3.63) is 35.9 Å². The minimum absolute atomic E-state index is 0.633. The third-order valence-corrected chi connectivity index (χ3v) is 6.13. The van der Waals surface area contributed by atoms with Gasteiger partial charge in [-0.15, -0.1) is 0 Å². The van der Waals surface area contributed by atoms with Crippen molar-refractivity contribution in [3.63, 3.8) is 0 Å². The zero-order chi connectivity index (χ0) is 19.5. The van der Waals surface area contributed by atoms with Crippen LogP contribution in [0.4, 0.5) is 0 Å². The molecule has 0 aliphatic carbocycles. The largest absolute Gasteiger partial charge is 0.493 e. The molecule has 0 N–H and O–H groups in total. The third-order valence-electron chi connectivity index (χ3n) is 5.02. The van der Waals surface area contributed by atoms with E-state index in [9.17, 15) is 0 Å². The van der Waals surface area contributed by atoms with Crippen LogP contribution in [0.15, 0.2) is 30.3 Å². The van der Waals surface area contributed by atoms with Crippen LogP contribution >= 0.6 is 15.9 Å². The molecular formula is C24H35BrO2. The SMILES string of the molecule is CCCCCOc1c(CC)cc(OCCCCC(Br)CC)c2ccccc12. The molecule has 0 bridgehead atoms. The molecule has 2 aromatic carbocycles. The molecule has 0 saturated heterocycles. The van der Waals surface area contributed by atoms with Gasteiger partial charge in [-0.2, -0.15) is 0 Å². The average molecular weight is 435 g/mol. The predicted molar refractivity (Wildman–Crippen MR) is 121 cm³/mol. The Balaban J connectivity index is 2.10. The van der Waals surface area contributed by atoms with Crippen LogP contribution in [0.1, 0.15) is 71.3 Å². The second-order valence-corrected chi connectivity index (χ2v) is 8.46. The molecule has 0 fully saturated rings. The van der Waals surface area contributed by atoms with E-state index in [2.05, 4.69) is 67.0 Å². The lowest BCUT2D eigenvalue weighted by atomic mass is 10.0. The van der Waals surface area contributed by atoms with Crippen LogP contribution < -0.4 is 9.47 Å². The summed E-state index contributed by atoms with van der Waals surface area (Å²) in [5, 5.41) is 2.34. The van der Waals surface area contributed by atoms with Gasteiger partial charge in [-0.1, -0.05) is 73.8 Å². The standard InChI is InChI=1S/C24H35BrO2/c1-4-7-11-17-27-24-19(5-2)18-23(21-14-8-9-15-22(21)24)26-16-12-10-13-20(25)6-3/h8-9,14-15,18,20H,4-7,10-13,16-17H2,1-3H3. The number of hydrogen-bond acceptors (Lipinski definition) is 2. The highest BCUT2D eigenvalue weighted by atomic mass is 79.9. The van der Waals surface area contributed by atoms with Gasteiger partial charge in [0, 0.05) is 15.6 Å². The first-order valence-electron chi connectivity index (χ1n) is 10.6. The summed E-state index contributed by atoms with van der Waals surface area (Å²) < 4.78 is 12.4. The fourth-order valence-corrected chi connectivity index (χ4v) is 3.63. The molecule has 2 rings (SSSR count). The van der Waals surface area contributed by atoms with Gasteiger partial charge in [0.05, 0.1) is 13.2 Å². The number of benzene rings is 2. The molecule has 0 saturated carbocycles. The highest BCUT2D eigenvalue weighted by molar-refractivity contribution is 9.09. The molecule has 3 heteroatoms. The Hall–Kier alpha value is -1.22. The van der Waals surface area contributed by atoms with Gasteiger partial charge in [-0.3, -0.25) is 0 Å². The summed E-state index contributed by atoms with van der Waals surface area (Å²) in [7, 11) is 0. The van der Waals surface area contributed by atoms with E-state index >= 15 is 0 Å². The van der Waals surface area contributed by atoms with Crippen LogP contribution in [0.3, 0.4) is 0 Å². The maximum absolute atomic E-state index is 6.22. The summed E-state index contributed by atoms with van der Waals surface area (Å²) in [5.74, 6) is 2.04. The van der Waals surface area contributed by atoms with Gasteiger partial charge in [0.15, 0.2) is 0 Å². The number of fused-ring (bicyclic) bond motifs is 1. The highest BCUT2D eigenvalue weighted by Gasteiger charge is 2.13. The highest BCUT2D eigenvalue weighted by Crippen LogP contribution is 2.37. The number of ether oxygens (including phenoxy) is 2. The van der Waals surface area contributed by atoms with Crippen LogP contribution in [0.5, 0.6) is 11.5 Å². The molecule has 0 aliphatic rings. The number of hydrogen-bond donors (Lipinski definition) is 0. The Bertz CT molecular complexity index is 683. The summed E-state index contributed by atoms with van der Waals surface area (Å²) >= 11 is 3.71. The predicted octanol–water partition coefficient (Wildman–Crippen LogP) is 7.69. The molecule has 0 heterocycles. The van der Waals surface area contributed by atoms with Crippen molar-refractivity contribution in [2.24, 2.45) is 0 Å². The van der Waals surface area contributed by atoms with E-state index in [1.165, 1.54) is 43.1 Å². The first-order chi connectivity index (χ1) is 13.2. The summed E-state index contributed by atoms with van der Waals surface area (Å²) in [6, 6.07) is 10.7. The molecule has 150 valence electrons. The van der Waals surface area contributed by atoms with Crippen molar-refractivity contribution < 1.29 is 9.47 Å². The van der Waals surface area contributed by atoms with E-state index in [1.54, 1.807) is 0 Å². The first-order valence-corrected chi connectivity index (χ1v) is 11.6. The Morgan fingerprint density at radius 3 is 2.30 bits per heavy atom. The van der Waals surface area contributed by atoms with E-state index < -0.39 is 0 Å². The monoisotopic (exact) mass is 434 g/mol. The Morgan fingerprint density at radius 1 is 0.889 bits per heavy atom. The van der Waals surface area contributed by atoms with Gasteiger partial charge in [0.1, 0.15) is 11.5 Å². The van der Waals surface area contributed by atoms with Crippen molar-refractivity contribution in [2.45, 2.75) is 77.0 Å². The Kier molecular flexibility index (Phi) is 10.0. The van der Waals surface area contributed by atoms with E-state index in [1.807, 2.05) is 0 Å². The number of aryl methyl sites for hydroxylation is 1. The van der Waals surface area contributed by atoms with Gasteiger partial charge >= 0.3 is 0 Å². The Morgan fingerprint density at radius 2 is 1.59 bits per heavy atom. The molecule has 1 atom stereocenters. The minimum Gasteiger partial charge on any atom is -0.493 e. The lowest BCUT2D eigenvalue weighted by Crippen LogP contribution is -2.04. The molecule has 2 nitrogen and oxygen atoms in total. The smallest absolute Gasteiger partial charge is 0.130 e. The quantitative estimate of drug-likeness (QED) is 0.237. The van der Waals surface area contributed by atoms with Gasteiger partial charge in [0.25, 0.3) is 0 Å². The van der Waals surface area contributed by atoms with Crippen molar-refractivity contribution >= 4 is 26.7 Å². The Labute approximate surface area is 173 Å². The van der Waals surface area contributed by atoms with E-state index in [4.69, 9.17) is 9.47 Å². The van der Waals surface area contributed by atoms with Gasteiger partial charge < -0.3 is 9.47 Å². The van der Waals surface area contributed by atoms with Crippen molar-refractivity contribution in [3.8, 4) is 11.5 Å². The fourth-order valence-electron chi connectivity index (χ4n) is 3.30. The van der Waals surface area contributed by atoms with E-state index in [0.717, 1.165) is 49.4 Å². The van der Waals surface area contributed by atoms with Crippen LogP contribution in [-0.4, -0.2) is 18.0 Å². The van der Waals surface area contributed by atoms with E-state index in [0.29, 0.717) is 4.83 Å². The van der Waals surface area contributed by atoms with Crippen molar-refractivity contribution in [2.75, 3.05) is 13.2 Å². The topological polar surface area (TPSA) is 18.5 Å². The van der Waals surface area contributed by atoms with E-state index in [-0.39, 0.29) is 0 Å². The van der Waals surface area contributed by atoms with Crippen LogP contribution in [0, 0.1) is 0 Å². The maximum Gasteiger partial charge on any atom is 0.130 e. The summed E-state index contributed by atoms with van der Waals surface area (Å²) in [6.45, 7) is 8.19. The second kappa shape index (κ2) is 12.3. The minimum atomic E-state index is 0.633.